The number of aromatic nitrogens is 3. The van der Waals surface area contributed by atoms with Crippen molar-refractivity contribution in [2.45, 2.75) is 247 Å². The fraction of sp³-hybridized carbons (Fsp3) is 0.838. The van der Waals surface area contributed by atoms with Crippen LogP contribution in [0.1, 0.15) is 248 Å². The Bertz CT molecular complexity index is 2170. The fourth-order valence-electron chi connectivity index (χ4n) is 9.63. The highest BCUT2D eigenvalue weighted by Gasteiger charge is 2.40. The Kier molecular flexibility index (Phi) is 30.2. The molecule has 0 bridgehead atoms. The van der Waals surface area contributed by atoms with E-state index in [2.05, 4.69) is 133 Å². The van der Waals surface area contributed by atoms with Gasteiger partial charge in [-0.05, 0) is 186 Å². The van der Waals surface area contributed by atoms with Crippen LogP contribution >= 0.6 is 0 Å². The van der Waals surface area contributed by atoms with Crippen LogP contribution in [0.4, 0.5) is 9.59 Å². The molecule has 7 rings (SSSR count). The van der Waals surface area contributed by atoms with E-state index in [1.54, 1.807) is 41.8 Å². The lowest BCUT2D eigenvalue weighted by atomic mass is 9.72. The van der Waals surface area contributed by atoms with E-state index in [4.69, 9.17) is 9.47 Å². The van der Waals surface area contributed by atoms with Crippen LogP contribution in [0.5, 0.6) is 0 Å². The molecular formula is C68H127N7O6. The average Bonchev–Trinajstić information content (AvgIpc) is 3.74. The van der Waals surface area contributed by atoms with Crippen LogP contribution in [0.15, 0.2) is 40.1 Å². The SMILES string of the molecule is CC(C)(C)C1CNC1.CC(C)(C)OC(=O)N1CC(C(C)(C)C)C1.CC(C)C1(C)CCCC1.CC(C)C1(C)CCN(C(=O)OC(C)(C)C)CC1.CC(C)C1(C)CCNCC1.CC(C)c1ccc(=O)n(C)c1.CC(C)c1ccc(=O)n(C)n1. The highest BCUT2D eigenvalue weighted by Crippen LogP contribution is 2.43. The number of aryl methyl sites for hydroxylation is 2. The molecule has 470 valence electrons. The molecule has 2 amide bonds. The van der Waals surface area contributed by atoms with Crippen LogP contribution in [0, 0.1) is 56.7 Å². The van der Waals surface area contributed by atoms with Gasteiger partial charge in [-0.15, -0.1) is 0 Å². The van der Waals surface area contributed by atoms with Crippen LogP contribution in [0.3, 0.4) is 0 Å². The maximum Gasteiger partial charge on any atom is 0.410 e. The molecule has 2 aromatic heterocycles. The summed E-state index contributed by atoms with van der Waals surface area (Å²) in [4.78, 5) is 49.0. The lowest BCUT2D eigenvalue weighted by molar-refractivity contribution is -0.0211. The van der Waals surface area contributed by atoms with Crippen LogP contribution in [-0.4, -0.2) is 99.9 Å². The number of nitrogens with one attached hydrogen (secondary N) is 2. The fourth-order valence-corrected chi connectivity index (χ4v) is 9.63. The topological polar surface area (TPSA) is 140 Å². The van der Waals surface area contributed by atoms with E-state index in [-0.39, 0.29) is 28.9 Å². The number of hydrogen-bond acceptors (Lipinski definition) is 9. The standard InChI is InChI=1S/C14H27NO2.C12H23NO2.C9H13NO.C9H19N.C9H18.C8H12N2O.C7H15N/c1-11(2)14(6)7-9-15(10-8-14)12(16)17-13(3,4)5;1-11(2,3)9-7-13(8-9)10(14)15-12(4,5)6;1-7(2)8-4-5-9(11)10(3)6-8;1-8(2)9(3)4-6-10-7-5-9;1-8(2)9(3)6-4-5-7-9;1-6(2)7-4-5-8(11)10(3)9-7;1-7(2,3)6-4-8-5-6/h11H,7-10H2,1-6H3;9H,7-8H2,1-6H3;4-7H,1-3H3;8,10H,4-7H2,1-3H3;8H,4-7H2,1-3H3;4-6H,1-3H3;6,8H,4-5H2,1-3H3. The number of hydrogen-bond donors (Lipinski definition) is 2. The number of amides is 2. The zero-order valence-electron chi connectivity index (χ0n) is 57.4. The first kappa shape index (κ1) is 75.3. The molecule has 2 aromatic rings. The molecule has 0 spiro atoms. The first-order valence-electron chi connectivity index (χ1n) is 31.4. The minimum absolute atomic E-state index is 0.0504. The Balaban J connectivity index is 0.000000479. The number of nitrogens with zero attached hydrogens (tertiary/aromatic N) is 5. The monoisotopic (exact) mass is 1140 g/mol. The molecule has 0 radical (unpaired) electrons. The van der Waals surface area contributed by atoms with Gasteiger partial charge < -0.3 is 34.5 Å². The van der Waals surface area contributed by atoms with Crippen molar-refractivity contribution in [3.8, 4) is 0 Å². The molecule has 5 fully saturated rings. The van der Waals surface area contributed by atoms with Crippen molar-refractivity contribution in [2.75, 3.05) is 52.4 Å². The van der Waals surface area contributed by atoms with Crippen LogP contribution in [0.2, 0.25) is 0 Å². The summed E-state index contributed by atoms with van der Waals surface area (Å²) in [5.74, 6) is 4.79. The summed E-state index contributed by atoms with van der Waals surface area (Å²) < 4.78 is 13.6. The van der Waals surface area contributed by atoms with Crippen molar-refractivity contribution >= 4 is 12.2 Å². The molecule has 4 aliphatic heterocycles. The number of likely N-dealkylation sites (tertiary alicyclic amines) is 2. The molecular weight excluding hydrogens is 1010 g/mol. The molecule has 0 aromatic carbocycles. The van der Waals surface area contributed by atoms with Crippen molar-refractivity contribution in [3.63, 3.8) is 0 Å². The van der Waals surface area contributed by atoms with E-state index in [0.717, 1.165) is 62.5 Å². The second-order valence-corrected chi connectivity index (χ2v) is 31.0. The van der Waals surface area contributed by atoms with Gasteiger partial charge in [0.25, 0.3) is 5.56 Å². The van der Waals surface area contributed by atoms with Crippen molar-refractivity contribution in [2.24, 2.45) is 70.8 Å². The predicted octanol–water partition coefficient (Wildman–Crippen LogP) is 15.5. The second-order valence-electron chi connectivity index (χ2n) is 31.0. The Morgan fingerprint density at radius 2 is 0.951 bits per heavy atom. The van der Waals surface area contributed by atoms with Gasteiger partial charge in [0.15, 0.2) is 0 Å². The van der Waals surface area contributed by atoms with Crippen LogP contribution in [0.25, 0.3) is 0 Å². The molecule has 13 nitrogen and oxygen atoms in total. The van der Waals surface area contributed by atoms with Gasteiger partial charge >= 0.3 is 12.2 Å². The Morgan fingerprint density at radius 1 is 0.543 bits per heavy atom. The largest absolute Gasteiger partial charge is 0.444 e. The summed E-state index contributed by atoms with van der Waals surface area (Å²) >= 11 is 0. The zero-order valence-corrected chi connectivity index (χ0v) is 57.4. The third-order valence-electron chi connectivity index (χ3n) is 18.3. The van der Waals surface area contributed by atoms with Gasteiger partial charge in [0.2, 0.25) is 5.56 Å². The first-order valence-corrected chi connectivity index (χ1v) is 31.4. The molecule has 1 saturated carbocycles. The molecule has 1 aliphatic carbocycles. The third kappa shape index (κ3) is 27.7. The Labute approximate surface area is 497 Å². The Hall–Kier alpha value is -3.71. The Morgan fingerprint density at radius 3 is 1.26 bits per heavy atom. The van der Waals surface area contributed by atoms with E-state index in [1.165, 1.54) is 74.9 Å². The number of carbonyl (C=O) groups is 2. The lowest BCUT2D eigenvalue weighted by Gasteiger charge is -2.46. The summed E-state index contributed by atoms with van der Waals surface area (Å²) in [5, 5.41) is 10.7. The maximum atomic E-state index is 11.9. The highest BCUT2D eigenvalue weighted by molar-refractivity contribution is 5.69. The molecule has 0 atom stereocenters. The van der Waals surface area contributed by atoms with Crippen LogP contribution < -0.4 is 21.8 Å². The van der Waals surface area contributed by atoms with Crippen molar-refractivity contribution < 1.29 is 19.1 Å². The van der Waals surface area contributed by atoms with Gasteiger partial charge in [-0.25, -0.2) is 14.3 Å². The quantitative estimate of drug-likeness (QED) is 0.299. The van der Waals surface area contributed by atoms with Crippen molar-refractivity contribution in [1.29, 1.82) is 0 Å². The maximum absolute atomic E-state index is 11.9. The van der Waals surface area contributed by atoms with Gasteiger partial charge in [0.05, 0.1) is 5.69 Å². The van der Waals surface area contributed by atoms with E-state index >= 15 is 0 Å². The van der Waals surface area contributed by atoms with Gasteiger partial charge in [-0.2, -0.15) is 5.10 Å². The first-order chi connectivity index (χ1) is 36.9. The summed E-state index contributed by atoms with van der Waals surface area (Å²) in [6.07, 6.45) is 12.3. The molecule has 5 aliphatic rings. The number of rotatable bonds is 5. The van der Waals surface area contributed by atoms with Gasteiger partial charge in [0.1, 0.15) is 11.2 Å². The third-order valence-corrected chi connectivity index (χ3v) is 18.3. The van der Waals surface area contributed by atoms with E-state index in [0.29, 0.717) is 50.7 Å². The average molecular weight is 1140 g/mol. The summed E-state index contributed by atoms with van der Waals surface area (Å²) in [5.41, 5.74) is 3.87. The zero-order chi connectivity index (χ0) is 62.7. The molecule has 4 saturated heterocycles. The number of ether oxygens (including phenoxy) is 2. The summed E-state index contributed by atoms with van der Waals surface area (Å²) in [6, 6.07) is 6.80. The normalized spacial score (nSPS) is 18.8. The van der Waals surface area contributed by atoms with Crippen LogP contribution in [-0.2, 0) is 23.6 Å². The molecule has 6 heterocycles. The van der Waals surface area contributed by atoms with Crippen molar-refractivity contribution in [1.82, 2.24) is 34.8 Å². The molecule has 13 heteroatoms. The van der Waals surface area contributed by atoms with Crippen molar-refractivity contribution in [3.05, 3.63) is 62.4 Å². The molecule has 0 unspecified atom stereocenters. The smallest absolute Gasteiger partial charge is 0.410 e. The van der Waals surface area contributed by atoms with E-state index in [9.17, 15) is 19.2 Å². The van der Waals surface area contributed by atoms with E-state index < -0.39 is 5.60 Å². The molecule has 2 N–H and O–H groups in total. The highest BCUT2D eigenvalue weighted by atomic mass is 16.6. The summed E-state index contributed by atoms with van der Waals surface area (Å²) in [6.45, 7) is 62.6. The minimum atomic E-state index is -0.393. The van der Waals surface area contributed by atoms with Gasteiger partial charge in [-0.3, -0.25) is 9.59 Å². The van der Waals surface area contributed by atoms with Gasteiger partial charge in [0, 0.05) is 58.6 Å². The molecule has 81 heavy (non-hydrogen) atoms. The van der Waals surface area contributed by atoms with E-state index in [1.807, 2.05) is 72.6 Å². The second kappa shape index (κ2) is 32.5. The number of carbonyl (C=O) groups excluding carboxylic acids is 2. The summed E-state index contributed by atoms with van der Waals surface area (Å²) in [7, 11) is 3.43. The predicted molar refractivity (Wildman–Crippen MR) is 342 cm³/mol. The van der Waals surface area contributed by atoms with Gasteiger partial charge in [-0.1, -0.05) is 150 Å². The lowest BCUT2D eigenvalue weighted by Crippen LogP contribution is -2.55. The number of pyridine rings is 1. The minimum Gasteiger partial charge on any atom is -0.444 e. The number of piperidine rings is 2.